The number of hydrogen-bond acceptors (Lipinski definition) is 4. The second kappa shape index (κ2) is 6.68. The summed E-state index contributed by atoms with van der Waals surface area (Å²) in [5, 5.41) is 0. The van der Waals surface area contributed by atoms with Gasteiger partial charge in [-0.05, 0) is 13.0 Å². The van der Waals surface area contributed by atoms with Gasteiger partial charge in [0.2, 0.25) is 0 Å². The maximum atomic E-state index is 9.16. The minimum absolute atomic E-state index is 0.807. The average Bonchev–Trinajstić information content (AvgIpc) is 2.28. The average molecular weight is 305 g/mol. The lowest BCUT2D eigenvalue weighted by Crippen LogP contribution is -1.88. The van der Waals surface area contributed by atoms with Crippen LogP contribution in [0.4, 0.5) is 0 Å². The molecule has 0 atom stereocenters. The third-order valence-electron chi connectivity index (χ3n) is 1.85. The van der Waals surface area contributed by atoms with Crippen LogP contribution in [0, 0.1) is 6.92 Å². The van der Waals surface area contributed by atoms with E-state index in [0.29, 0.717) is 0 Å². The van der Waals surface area contributed by atoms with E-state index in [9.17, 15) is 0 Å². The predicted molar refractivity (Wildman–Crippen MR) is 72.8 cm³/mol. The van der Waals surface area contributed by atoms with Gasteiger partial charge < -0.3 is 0 Å². The zero-order chi connectivity index (χ0) is 13.6. The van der Waals surface area contributed by atoms with Gasteiger partial charge in [0.25, 0.3) is 0 Å². The molecule has 0 saturated heterocycles. The molecule has 1 heterocycles. The quantitative estimate of drug-likeness (QED) is 0.759. The highest BCUT2D eigenvalue weighted by Crippen LogP contribution is 2.14. The van der Waals surface area contributed by atoms with Crippen molar-refractivity contribution in [3.05, 3.63) is 48.4 Å². The van der Waals surface area contributed by atoms with Crippen LogP contribution >= 0.6 is 21.4 Å². The first kappa shape index (κ1) is 14.9. The molecule has 4 nitrogen and oxygen atoms in total. The van der Waals surface area contributed by atoms with Crippen LogP contribution in [0.1, 0.15) is 5.82 Å². The minimum Gasteiger partial charge on any atom is -0.242 e. The van der Waals surface area contributed by atoms with E-state index in [-0.39, 0.29) is 0 Å². The highest BCUT2D eigenvalue weighted by molar-refractivity contribution is 8.31. The Labute approximate surface area is 115 Å². The number of nitrogens with zero attached hydrogens (tertiary/aromatic N) is 2. The maximum absolute atomic E-state index is 9.16. The Morgan fingerprint density at radius 3 is 2.11 bits per heavy atom. The van der Waals surface area contributed by atoms with E-state index < -0.39 is 8.26 Å². The zero-order valence-electron chi connectivity index (χ0n) is 9.42. The Hall–Kier alpha value is -1.17. The van der Waals surface area contributed by atoms with E-state index in [0.717, 1.165) is 17.1 Å². The van der Waals surface area contributed by atoms with E-state index >= 15 is 0 Å². The molecule has 96 valence electrons. The zero-order valence-corrected chi connectivity index (χ0v) is 11.7. The molecule has 0 unspecified atom stereocenters. The number of hydrogen-bond donors (Lipinski definition) is 0. The van der Waals surface area contributed by atoms with Gasteiger partial charge in [-0.15, -0.1) is 0 Å². The summed E-state index contributed by atoms with van der Waals surface area (Å²) in [6.45, 7) is 1.90. The van der Waals surface area contributed by atoms with Gasteiger partial charge in [-0.25, -0.2) is 9.97 Å². The summed E-state index contributed by atoms with van der Waals surface area (Å²) in [5.41, 5.74) is 2.11. The Kier molecular flexibility index (Phi) is 5.53. The summed E-state index contributed by atoms with van der Waals surface area (Å²) in [6, 6.07) is 12.0. The van der Waals surface area contributed by atoms with Crippen molar-refractivity contribution in [1.82, 2.24) is 9.97 Å². The van der Waals surface area contributed by atoms with E-state index in [4.69, 9.17) is 8.42 Å². The highest BCUT2D eigenvalue weighted by atomic mass is 36.0. The molecule has 0 radical (unpaired) electrons. The van der Waals surface area contributed by atoms with Gasteiger partial charge in [0.05, 0.1) is 5.69 Å². The largest absolute Gasteiger partial charge is 0.317 e. The third-order valence-corrected chi connectivity index (χ3v) is 1.85. The van der Waals surface area contributed by atoms with Crippen LogP contribution in [0.3, 0.4) is 0 Å². The van der Waals surface area contributed by atoms with E-state index in [1.165, 1.54) is 0 Å². The fourth-order valence-corrected chi connectivity index (χ4v) is 1.23. The van der Waals surface area contributed by atoms with Crippen molar-refractivity contribution in [3.63, 3.8) is 0 Å². The molecule has 18 heavy (non-hydrogen) atoms. The number of aryl methyl sites for hydroxylation is 1. The van der Waals surface area contributed by atoms with Crippen molar-refractivity contribution in [3.8, 4) is 11.3 Å². The first-order valence-electron chi connectivity index (χ1n) is 4.85. The highest BCUT2D eigenvalue weighted by Gasteiger charge is 1.97. The second-order valence-corrected chi connectivity index (χ2v) is 6.90. The standard InChI is InChI=1S/C11H10N2.Cl2O2S/c1-9-12-8-7-11(13-9)10-5-3-2-4-6-10;1-5(2,3)4/h2-8H,1H3;. The number of halogens is 2. The van der Waals surface area contributed by atoms with E-state index in [2.05, 4.69) is 31.3 Å². The van der Waals surface area contributed by atoms with Gasteiger partial charge in [-0.1, -0.05) is 30.3 Å². The number of aromatic nitrogens is 2. The van der Waals surface area contributed by atoms with Crippen molar-refractivity contribution in [2.45, 2.75) is 6.92 Å². The summed E-state index contributed by atoms with van der Waals surface area (Å²) in [7, 11) is 4.81. The molecule has 0 bridgehead atoms. The molecule has 7 heteroatoms. The molecule has 0 aliphatic rings. The molecule has 0 fully saturated rings. The van der Waals surface area contributed by atoms with Crippen LogP contribution in [0.15, 0.2) is 42.6 Å². The molecule has 0 saturated carbocycles. The molecule has 0 aliphatic heterocycles. The molecule has 1 aromatic carbocycles. The van der Waals surface area contributed by atoms with Crippen LogP contribution in [-0.4, -0.2) is 18.4 Å². The first-order chi connectivity index (χ1) is 8.36. The molecule has 2 rings (SSSR count). The first-order valence-corrected chi connectivity index (χ1v) is 7.99. The lowest BCUT2D eigenvalue weighted by Gasteiger charge is -1.99. The lowest BCUT2D eigenvalue weighted by molar-refractivity contribution is 0.621. The Balaban J connectivity index is 0.000000280. The predicted octanol–water partition coefficient (Wildman–Crippen LogP) is 3.16. The van der Waals surface area contributed by atoms with Crippen LogP contribution in [-0.2, 0) is 8.26 Å². The molecule has 1 aromatic heterocycles. The fourth-order valence-electron chi connectivity index (χ4n) is 1.23. The van der Waals surface area contributed by atoms with Crippen LogP contribution in [0.2, 0.25) is 0 Å². The topological polar surface area (TPSA) is 59.9 Å². The summed E-state index contributed by atoms with van der Waals surface area (Å²) in [6.07, 6.45) is 1.78. The van der Waals surface area contributed by atoms with E-state index in [1.807, 2.05) is 43.3 Å². The molecular formula is C11H10Cl2N2O2S. The second-order valence-electron chi connectivity index (χ2n) is 3.23. The summed E-state index contributed by atoms with van der Waals surface area (Å²) < 4.78 is 18.3. The molecule has 0 amide bonds. The summed E-state index contributed by atoms with van der Waals surface area (Å²) in [5.74, 6) is 0.807. The van der Waals surface area contributed by atoms with Gasteiger partial charge in [-0.2, -0.15) is 8.42 Å². The minimum atomic E-state index is -3.72. The van der Waals surface area contributed by atoms with Gasteiger partial charge in [-0.3, -0.25) is 0 Å². The molecular weight excluding hydrogens is 295 g/mol. The van der Waals surface area contributed by atoms with Crippen LogP contribution < -0.4 is 0 Å². The normalized spacial score (nSPS) is 10.4. The maximum Gasteiger partial charge on any atom is 0.317 e. The van der Waals surface area contributed by atoms with Crippen molar-refractivity contribution in [1.29, 1.82) is 0 Å². The number of rotatable bonds is 1. The molecule has 0 spiro atoms. The third kappa shape index (κ3) is 6.54. The Bertz CT molecular complexity index is 595. The molecule has 0 aliphatic carbocycles. The monoisotopic (exact) mass is 304 g/mol. The molecule has 2 aromatic rings. The van der Waals surface area contributed by atoms with E-state index in [1.54, 1.807) is 6.20 Å². The Morgan fingerprint density at radius 1 is 1.06 bits per heavy atom. The lowest BCUT2D eigenvalue weighted by atomic mass is 10.1. The molecule has 0 N–H and O–H groups in total. The van der Waals surface area contributed by atoms with Crippen molar-refractivity contribution < 1.29 is 8.42 Å². The van der Waals surface area contributed by atoms with Gasteiger partial charge in [0.1, 0.15) is 5.82 Å². The number of benzene rings is 1. The Morgan fingerprint density at radius 2 is 1.61 bits per heavy atom. The smallest absolute Gasteiger partial charge is 0.242 e. The van der Waals surface area contributed by atoms with Crippen molar-refractivity contribution in [2.75, 3.05) is 0 Å². The summed E-state index contributed by atoms with van der Waals surface area (Å²) in [4.78, 5) is 8.39. The van der Waals surface area contributed by atoms with Crippen LogP contribution in [0.5, 0.6) is 0 Å². The fraction of sp³-hybridized carbons (Fsp3) is 0.0909. The van der Waals surface area contributed by atoms with Gasteiger partial charge >= 0.3 is 8.26 Å². The van der Waals surface area contributed by atoms with Gasteiger partial charge in [0, 0.05) is 33.1 Å². The van der Waals surface area contributed by atoms with Crippen LogP contribution in [0.25, 0.3) is 11.3 Å². The van der Waals surface area contributed by atoms with Gasteiger partial charge in [0.15, 0.2) is 0 Å². The van der Waals surface area contributed by atoms with Crippen molar-refractivity contribution >= 4 is 29.6 Å². The van der Waals surface area contributed by atoms with Crippen molar-refractivity contribution in [2.24, 2.45) is 0 Å². The summed E-state index contributed by atoms with van der Waals surface area (Å²) >= 11 is 0. The SMILES string of the molecule is Cc1nccc(-c2ccccc2)n1.O=S(=O)(Cl)Cl.